The number of carbonyl (C=O) groups is 4. The lowest BCUT2D eigenvalue weighted by Gasteiger charge is -2.20. The third-order valence-electron chi connectivity index (χ3n) is 3.19. The molecule has 0 saturated heterocycles. The van der Waals surface area contributed by atoms with Gasteiger partial charge in [-0.2, -0.15) is 8.78 Å². The quantitative estimate of drug-likeness (QED) is 0.0849. The minimum atomic E-state index is -4.28. The minimum Gasteiger partial charge on any atom is -0.460 e. The van der Waals surface area contributed by atoms with E-state index < -0.39 is 56.8 Å². The van der Waals surface area contributed by atoms with Gasteiger partial charge in [-0.3, -0.25) is 0 Å². The van der Waals surface area contributed by atoms with E-state index in [1.165, 1.54) is 13.8 Å². The average Bonchev–Trinajstić information content (AvgIpc) is 2.75. The van der Waals surface area contributed by atoms with E-state index in [1.54, 1.807) is 0 Å². The molecule has 0 fully saturated rings. The zero-order valence-corrected chi connectivity index (χ0v) is 18.6. The highest BCUT2D eigenvalue weighted by Crippen LogP contribution is 2.20. The predicted molar refractivity (Wildman–Crippen MR) is 108 cm³/mol. The first-order chi connectivity index (χ1) is 15.6. The Hall–Kier alpha value is -3.30. The first-order valence-electron chi connectivity index (χ1n) is 9.51. The van der Waals surface area contributed by atoms with Crippen LogP contribution in [-0.4, -0.2) is 83.1 Å². The number of amides is 2. The summed E-state index contributed by atoms with van der Waals surface area (Å²) in [6.45, 7) is 5.07. The minimum absolute atomic E-state index is 0.115. The number of nitrogens with one attached hydrogen (secondary N) is 2. The van der Waals surface area contributed by atoms with E-state index in [2.05, 4.69) is 36.8 Å². The molecular formula is C18H25BF4N2O9. The molecule has 0 radical (unpaired) electrons. The molecule has 16 heteroatoms. The lowest BCUT2D eigenvalue weighted by atomic mass is 9.90. The summed E-state index contributed by atoms with van der Waals surface area (Å²) in [6.07, 6.45) is -6.93. The summed E-state index contributed by atoms with van der Waals surface area (Å²) in [4.78, 5) is 44.8. The highest BCUT2D eigenvalue weighted by atomic mass is 19.3. The highest BCUT2D eigenvalue weighted by Gasteiger charge is 2.41. The SMILES string of the molecule is C=C(C)C(=O)OCCNC(=O)OCC(F)(F)BOC(F)(F)COC(=O)NCCOC(=O)C(=C)C. The van der Waals surface area contributed by atoms with Crippen molar-refractivity contribution in [3.8, 4) is 0 Å². The van der Waals surface area contributed by atoms with Crippen molar-refractivity contribution in [3.63, 3.8) is 0 Å². The molecule has 0 aliphatic carbocycles. The molecule has 0 rings (SSSR count). The van der Waals surface area contributed by atoms with Crippen LogP contribution in [0.2, 0.25) is 0 Å². The molecule has 0 aliphatic heterocycles. The van der Waals surface area contributed by atoms with Crippen molar-refractivity contribution in [3.05, 3.63) is 24.3 Å². The van der Waals surface area contributed by atoms with Crippen molar-refractivity contribution in [2.45, 2.75) is 25.8 Å². The molecule has 0 aromatic rings. The van der Waals surface area contributed by atoms with Crippen LogP contribution in [0.4, 0.5) is 27.2 Å². The van der Waals surface area contributed by atoms with E-state index in [-0.39, 0.29) is 37.4 Å². The highest BCUT2D eigenvalue weighted by molar-refractivity contribution is 6.31. The number of alkyl halides is 4. The Morgan fingerprint density at radius 1 is 0.765 bits per heavy atom. The molecule has 0 spiro atoms. The molecule has 0 bridgehead atoms. The maximum Gasteiger partial charge on any atom is 0.407 e. The van der Waals surface area contributed by atoms with Crippen LogP contribution in [0.1, 0.15) is 13.8 Å². The van der Waals surface area contributed by atoms with Crippen LogP contribution in [0.25, 0.3) is 0 Å². The molecular weight excluding hydrogens is 475 g/mol. The Bertz CT molecular complexity index is 704. The number of ether oxygens (including phenoxy) is 4. The number of carbonyl (C=O) groups excluding carboxylic acids is 4. The van der Waals surface area contributed by atoms with Gasteiger partial charge in [0.1, 0.15) is 13.2 Å². The molecule has 0 saturated carbocycles. The third-order valence-corrected chi connectivity index (χ3v) is 3.19. The van der Waals surface area contributed by atoms with Crippen LogP contribution < -0.4 is 10.6 Å². The smallest absolute Gasteiger partial charge is 0.407 e. The van der Waals surface area contributed by atoms with Crippen LogP contribution in [0.3, 0.4) is 0 Å². The van der Waals surface area contributed by atoms with Crippen LogP contribution >= 0.6 is 0 Å². The molecule has 0 aliphatic rings. The van der Waals surface area contributed by atoms with Gasteiger partial charge in [0.05, 0.1) is 13.1 Å². The number of alkyl carbamates (subject to hydrolysis) is 2. The molecule has 34 heavy (non-hydrogen) atoms. The van der Waals surface area contributed by atoms with Crippen LogP contribution in [0.15, 0.2) is 24.3 Å². The second-order valence-corrected chi connectivity index (χ2v) is 6.62. The first-order valence-corrected chi connectivity index (χ1v) is 9.51. The van der Waals surface area contributed by atoms with Gasteiger partial charge >= 0.3 is 37.7 Å². The molecule has 2 N–H and O–H groups in total. The fourth-order valence-corrected chi connectivity index (χ4v) is 1.56. The van der Waals surface area contributed by atoms with Gasteiger partial charge in [-0.15, -0.1) is 0 Å². The predicted octanol–water partition coefficient (Wildman–Crippen LogP) is 1.23. The zero-order valence-electron chi connectivity index (χ0n) is 18.6. The van der Waals surface area contributed by atoms with E-state index in [9.17, 15) is 36.7 Å². The molecule has 0 heterocycles. The van der Waals surface area contributed by atoms with Crippen molar-refractivity contribution < 1.29 is 60.3 Å². The Kier molecular flexibility index (Phi) is 13.3. The second kappa shape index (κ2) is 14.8. The van der Waals surface area contributed by atoms with Gasteiger partial charge in [0.25, 0.3) is 5.82 Å². The monoisotopic (exact) mass is 500 g/mol. The number of hydrogen-bond acceptors (Lipinski definition) is 9. The van der Waals surface area contributed by atoms with Gasteiger partial charge in [-0.1, -0.05) is 13.2 Å². The Morgan fingerprint density at radius 3 is 1.59 bits per heavy atom. The summed E-state index contributed by atoms with van der Waals surface area (Å²) in [7, 11) is -1.86. The van der Waals surface area contributed by atoms with Crippen LogP contribution in [-0.2, 0) is 33.2 Å². The number of esters is 2. The summed E-state index contributed by atoms with van der Waals surface area (Å²) in [5.74, 6) is -5.44. The molecule has 0 aromatic heterocycles. The topological polar surface area (TPSA) is 138 Å². The summed E-state index contributed by atoms with van der Waals surface area (Å²) < 4.78 is 75.6. The first kappa shape index (κ1) is 30.7. The maximum absolute atomic E-state index is 13.6. The van der Waals surface area contributed by atoms with Crippen molar-refractivity contribution in [1.82, 2.24) is 10.6 Å². The summed E-state index contributed by atoms with van der Waals surface area (Å²) in [6, 6.07) is 0. The summed E-state index contributed by atoms with van der Waals surface area (Å²) in [5.41, 5.74) is 0.232. The average molecular weight is 500 g/mol. The summed E-state index contributed by atoms with van der Waals surface area (Å²) >= 11 is 0. The van der Waals surface area contributed by atoms with Gasteiger partial charge in [0.2, 0.25) is 0 Å². The second-order valence-electron chi connectivity index (χ2n) is 6.62. The number of hydrogen-bond donors (Lipinski definition) is 2. The Balaban J connectivity index is 4.14. The lowest BCUT2D eigenvalue weighted by molar-refractivity contribution is -0.207. The zero-order chi connectivity index (χ0) is 26.4. The normalized spacial score (nSPS) is 11.0. The summed E-state index contributed by atoms with van der Waals surface area (Å²) in [5, 5.41) is 3.99. The number of halogens is 4. The van der Waals surface area contributed by atoms with E-state index in [4.69, 9.17) is 0 Å². The van der Waals surface area contributed by atoms with E-state index in [0.29, 0.717) is 0 Å². The van der Waals surface area contributed by atoms with Crippen LogP contribution in [0, 0.1) is 0 Å². The number of rotatable bonds is 15. The van der Waals surface area contributed by atoms with Crippen molar-refractivity contribution in [1.29, 1.82) is 0 Å². The third kappa shape index (κ3) is 15.5. The molecule has 0 unspecified atom stereocenters. The largest absolute Gasteiger partial charge is 0.460 e. The standard InChI is InChI=1S/C18H25BF4N2O9/c1-11(2)13(26)30-7-5-24-15(28)32-9-17(20,21)19-34-18(22,23)10-33-16(29)25-6-8-31-14(27)12(3)4/h19H,1,3,5-10H2,2,4H3,(H,24,28)(H,25,29). The van der Waals surface area contributed by atoms with Gasteiger partial charge < -0.3 is 34.2 Å². The van der Waals surface area contributed by atoms with E-state index in [0.717, 1.165) is 0 Å². The van der Waals surface area contributed by atoms with Crippen molar-refractivity contribution in [2.75, 3.05) is 39.5 Å². The molecule has 192 valence electrons. The van der Waals surface area contributed by atoms with E-state index >= 15 is 0 Å². The Labute approximate surface area is 193 Å². The van der Waals surface area contributed by atoms with E-state index in [1.807, 2.05) is 10.6 Å². The lowest BCUT2D eigenvalue weighted by Crippen LogP contribution is -2.42. The fraction of sp³-hybridized carbons (Fsp3) is 0.556. The van der Waals surface area contributed by atoms with Gasteiger partial charge in [-0.05, 0) is 13.8 Å². The van der Waals surface area contributed by atoms with Crippen LogP contribution in [0.5, 0.6) is 0 Å². The fourth-order valence-electron chi connectivity index (χ4n) is 1.56. The molecule has 0 aromatic carbocycles. The molecule has 0 atom stereocenters. The maximum atomic E-state index is 13.6. The van der Waals surface area contributed by atoms with Gasteiger partial charge in [0, 0.05) is 11.1 Å². The van der Waals surface area contributed by atoms with Gasteiger partial charge in [-0.25, -0.2) is 28.0 Å². The molecule has 2 amide bonds. The molecule has 11 nitrogen and oxygen atoms in total. The Morgan fingerprint density at radius 2 is 1.18 bits per heavy atom. The van der Waals surface area contributed by atoms with Gasteiger partial charge in [0.15, 0.2) is 13.2 Å². The van der Waals surface area contributed by atoms with Crippen molar-refractivity contribution >= 4 is 31.6 Å². The van der Waals surface area contributed by atoms with Crippen molar-refractivity contribution in [2.24, 2.45) is 0 Å².